The molecule has 9 heteroatoms. The number of nitrogens with one attached hydrogen (secondary N) is 1. The first-order valence-corrected chi connectivity index (χ1v) is 10.5. The van der Waals surface area contributed by atoms with Crippen molar-refractivity contribution in [1.82, 2.24) is 4.98 Å². The van der Waals surface area contributed by atoms with Crippen LogP contribution in [0.5, 0.6) is 0 Å². The van der Waals surface area contributed by atoms with Crippen LogP contribution >= 0.6 is 11.8 Å². The van der Waals surface area contributed by atoms with Crippen LogP contribution in [0.25, 0.3) is 11.1 Å². The van der Waals surface area contributed by atoms with Crippen LogP contribution in [0.2, 0.25) is 0 Å². The standard InChI is InChI=1S/C22H17N5O2S.H2O/c23-12-17-20(15-6-2-1-3-7-15)18(13-24)22(25-21(17)27-10-4-5-11-27)30-14-16-8-9-19(26-28)29-16;/h1-3,6-9H,4-5,10-11,14H2;1H2. The highest BCUT2D eigenvalue weighted by Gasteiger charge is 2.26. The van der Waals surface area contributed by atoms with Gasteiger partial charge in [-0.25, -0.2) is 4.98 Å². The number of pyridine rings is 1. The molecule has 0 atom stereocenters. The van der Waals surface area contributed by atoms with E-state index in [1.165, 1.54) is 11.8 Å². The van der Waals surface area contributed by atoms with Crippen molar-refractivity contribution in [2.45, 2.75) is 23.6 Å². The molecule has 1 aromatic carbocycles. The van der Waals surface area contributed by atoms with Crippen LogP contribution in [0.15, 0.2) is 51.9 Å². The molecule has 3 heterocycles. The average Bonchev–Trinajstić information content (AvgIpc) is 3.49. The van der Waals surface area contributed by atoms with Crippen molar-refractivity contribution >= 4 is 23.5 Å². The minimum Gasteiger partial charge on any atom is -0.870 e. The summed E-state index contributed by atoms with van der Waals surface area (Å²) in [5, 5.41) is 22.2. The molecular formula is C22H19N5O3S. The fourth-order valence-corrected chi connectivity index (χ4v) is 4.44. The third-order valence-electron chi connectivity index (χ3n) is 4.95. The number of nitrogens with zero attached hydrogens (tertiary/aromatic N) is 4. The molecule has 2 aromatic heterocycles. The van der Waals surface area contributed by atoms with E-state index in [0.29, 0.717) is 39.0 Å². The Morgan fingerprint density at radius 1 is 1.06 bits per heavy atom. The highest BCUT2D eigenvalue weighted by molar-refractivity contribution is 7.98. The van der Waals surface area contributed by atoms with Gasteiger partial charge in [-0.3, -0.25) is 0 Å². The maximum absolute atomic E-state index is 10.7. The van der Waals surface area contributed by atoms with Crippen molar-refractivity contribution in [1.29, 1.82) is 10.5 Å². The molecule has 4 rings (SSSR count). The lowest BCUT2D eigenvalue weighted by atomic mass is 9.96. The molecule has 0 bridgehead atoms. The Morgan fingerprint density at radius 3 is 2.39 bits per heavy atom. The highest BCUT2D eigenvalue weighted by atomic mass is 32.2. The Balaban J connectivity index is 0.00000272. The molecule has 0 saturated carbocycles. The largest absolute Gasteiger partial charge is 0.870 e. The van der Waals surface area contributed by atoms with Gasteiger partial charge in [0, 0.05) is 23.6 Å². The molecule has 1 aliphatic heterocycles. The molecule has 8 nitrogen and oxygen atoms in total. The van der Waals surface area contributed by atoms with Crippen molar-refractivity contribution in [3.63, 3.8) is 0 Å². The van der Waals surface area contributed by atoms with Gasteiger partial charge in [0.15, 0.2) is 0 Å². The number of aromatic nitrogens is 1. The van der Waals surface area contributed by atoms with E-state index in [9.17, 15) is 15.4 Å². The predicted molar refractivity (Wildman–Crippen MR) is 115 cm³/mol. The van der Waals surface area contributed by atoms with E-state index < -0.39 is 0 Å². The van der Waals surface area contributed by atoms with Crippen LogP contribution < -0.4 is 10.1 Å². The summed E-state index contributed by atoms with van der Waals surface area (Å²) in [6, 6.07) is 17.3. The van der Waals surface area contributed by atoms with Crippen LogP contribution in [0, 0.1) is 27.6 Å². The first-order chi connectivity index (χ1) is 14.7. The monoisotopic (exact) mass is 433 g/mol. The molecule has 1 fully saturated rings. The molecular weight excluding hydrogens is 414 g/mol. The lowest BCUT2D eigenvalue weighted by Gasteiger charge is -2.22. The second kappa shape index (κ2) is 9.90. The van der Waals surface area contributed by atoms with Crippen molar-refractivity contribution in [3.8, 4) is 23.3 Å². The Morgan fingerprint density at radius 2 is 1.77 bits per heavy atom. The third-order valence-corrected chi connectivity index (χ3v) is 5.95. The van der Waals surface area contributed by atoms with Crippen LogP contribution in [-0.4, -0.2) is 23.5 Å². The van der Waals surface area contributed by atoms with E-state index in [0.717, 1.165) is 31.5 Å². The number of hydrogen-bond acceptors (Lipinski definition) is 8. The summed E-state index contributed by atoms with van der Waals surface area (Å²) in [7, 11) is 0. The van der Waals surface area contributed by atoms with E-state index >= 15 is 0 Å². The van der Waals surface area contributed by atoms with Crippen molar-refractivity contribution < 1.29 is 15.1 Å². The Kier molecular flexibility index (Phi) is 7.03. The summed E-state index contributed by atoms with van der Waals surface area (Å²) in [6.45, 7) is 1.67. The molecule has 156 valence electrons. The van der Waals surface area contributed by atoms with Crippen LogP contribution in [0.1, 0.15) is 29.7 Å². The second-order valence-electron chi connectivity index (χ2n) is 6.81. The summed E-state index contributed by atoms with van der Waals surface area (Å²) in [5.74, 6) is 1.76. The first kappa shape index (κ1) is 22.0. The van der Waals surface area contributed by atoms with Gasteiger partial charge >= 0.3 is 5.88 Å². The number of hydrogen-bond donors (Lipinski definition) is 1. The average molecular weight is 433 g/mol. The van der Waals surface area contributed by atoms with E-state index in [1.807, 2.05) is 30.3 Å². The third kappa shape index (κ3) is 4.43. The molecule has 0 unspecified atom stereocenters. The minimum atomic E-state index is 0. The molecule has 0 amide bonds. The zero-order valence-corrected chi connectivity index (χ0v) is 17.4. The molecule has 3 aromatic rings. The number of nitriles is 2. The smallest absolute Gasteiger partial charge is 0.418 e. The summed E-state index contributed by atoms with van der Waals surface area (Å²) in [4.78, 5) is 17.6. The van der Waals surface area contributed by atoms with Crippen LogP contribution in [0.3, 0.4) is 0 Å². The molecule has 0 spiro atoms. The van der Waals surface area contributed by atoms with E-state index in [2.05, 4.69) is 17.0 Å². The van der Waals surface area contributed by atoms with Crippen molar-refractivity contribution in [3.05, 3.63) is 64.3 Å². The fourth-order valence-electron chi connectivity index (χ4n) is 3.57. The maximum Gasteiger partial charge on any atom is 0.418 e. The summed E-state index contributed by atoms with van der Waals surface area (Å²) >= 11 is 1.36. The zero-order chi connectivity index (χ0) is 20.9. The lowest BCUT2D eigenvalue weighted by Crippen LogP contribution is -2.55. The molecule has 31 heavy (non-hydrogen) atoms. The molecule has 0 aliphatic carbocycles. The molecule has 0 radical (unpaired) electrons. The van der Waals surface area contributed by atoms with Gasteiger partial charge in [-0.05, 0) is 24.5 Å². The number of nitroso groups, excluding NO2 is 1. The number of benzene rings is 1. The summed E-state index contributed by atoms with van der Waals surface area (Å²) in [5.41, 5.74) is 2.23. The van der Waals surface area contributed by atoms with E-state index in [4.69, 9.17) is 9.40 Å². The quantitative estimate of drug-likeness (QED) is 0.585. The number of anilines is 1. The zero-order valence-electron chi connectivity index (χ0n) is 16.5. The van der Waals surface area contributed by atoms with Crippen LogP contribution in [0.4, 0.5) is 11.7 Å². The molecule has 1 saturated heterocycles. The molecule has 1 aliphatic rings. The highest BCUT2D eigenvalue weighted by Crippen LogP contribution is 2.39. The summed E-state index contributed by atoms with van der Waals surface area (Å²) < 4.78 is 5.40. The van der Waals surface area contributed by atoms with Gasteiger partial charge in [0.05, 0.1) is 22.6 Å². The topological polar surface area (TPSA) is 138 Å². The van der Waals surface area contributed by atoms with Gasteiger partial charge in [-0.1, -0.05) is 42.1 Å². The number of furan rings is 1. The van der Waals surface area contributed by atoms with Gasteiger partial charge < -0.3 is 14.8 Å². The normalized spacial score (nSPS) is 12.6. The van der Waals surface area contributed by atoms with Gasteiger partial charge in [0.2, 0.25) is 0 Å². The number of rotatable bonds is 6. The van der Waals surface area contributed by atoms with Crippen LogP contribution in [-0.2, 0) is 5.75 Å². The summed E-state index contributed by atoms with van der Waals surface area (Å²) in [6.07, 6.45) is 2.10. The number of thioether (sulfide) groups is 1. The Bertz CT molecular complexity index is 1160. The fraction of sp³-hybridized carbons (Fsp3) is 0.227. The Hall–Kier alpha value is -3.66. The van der Waals surface area contributed by atoms with E-state index in [1.54, 1.807) is 17.3 Å². The van der Waals surface area contributed by atoms with Gasteiger partial charge in [-0.15, -0.1) is 0 Å². The Labute approximate surface area is 183 Å². The van der Waals surface area contributed by atoms with Gasteiger partial charge in [0.1, 0.15) is 34.3 Å². The minimum absolute atomic E-state index is 0. The van der Waals surface area contributed by atoms with E-state index in [-0.39, 0.29) is 11.4 Å². The van der Waals surface area contributed by atoms with Gasteiger partial charge in [0.25, 0.3) is 0 Å². The first-order valence-electron chi connectivity index (χ1n) is 9.53. The van der Waals surface area contributed by atoms with Crippen molar-refractivity contribution in [2.75, 3.05) is 18.0 Å². The van der Waals surface area contributed by atoms with Gasteiger partial charge in [-0.2, -0.15) is 10.5 Å². The van der Waals surface area contributed by atoms with Crippen molar-refractivity contribution in [2.24, 2.45) is 0 Å². The lowest BCUT2D eigenvalue weighted by molar-refractivity contribution is -0.398. The SMILES string of the molecule is N#Cc1c(SCc2ccc([NH+]=O)o2)nc(N2CCCC2)c(C#N)c1-c1ccccc1.[OH-]. The maximum atomic E-state index is 10.7. The second-order valence-corrected chi connectivity index (χ2v) is 7.77. The molecule has 2 N–H and O–H groups in total. The predicted octanol–water partition coefficient (Wildman–Crippen LogP) is 3.28.